The van der Waals surface area contributed by atoms with E-state index in [1.165, 1.54) is 17.1 Å². The van der Waals surface area contributed by atoms with Gasteiger partial charge in [-0.05, 0) is 43.3 Å². The van der Waals surface area contributed by atoms with Crippen LogP contribution in [0.5, 0.6) is 0 Å². The molecule has 1 N–H and O–H groups in total. The van der Waals surface area contributed by atoms with Crippen LogP contribution >= 0.6 is 23.2 Å². The lowest BCUT2D eigenvalue weighted by molar-refractivity contribution is 0.835. The molecule has 3 rings (SSSR count). The Balaban J connectivity index is 1.96. The minimum absolute atomic E-state index is 0.192. The van der Waals surface area contributed by atoms with Crippen molar-refractivity contribution in [3.8, 4) is 5.69 Å². The van der Waals surface area contributed by atoms with Gasteiger partial charge < -0.3 is 0 Å². The van der Waals surface area contributed by atoms with Crippen LogP contribution in [0.4, 0.5) is 5.82 Å². The van der Waals surface area contributed by atoms with Crippen LogP contribution < -0.4 is 5.56 Å². The third-order valence-electron chi connectivity index (χ3n) is 3.24. The average molecular weight is 347 g/mol. The van der Waals surface area contributed by atoms with Crippen molar-refractivity contribution in [3.05, 3.63) is 74.3 Å². The summed E-state index contributed by atoms with van der Waals surface area (Å²) < 4.78 is 1.45. The number of rotatable bonds is 3. The van der Waals surface area contributed by atoms with Gasteiger partial charge in [-0.25, -0.2) is 14.7 Å². The van der Waals surface area contributed by atoms with Crippen molar-refractivity contribution in [1.82, 2.24) is 14.8 Å². The Kier molecular flexibility index (Phi) is 4.32. The highest BCUT2D eigenvalue weighted by Crippen LogP contribution is 2.14. The SMILES string of the molecule is Cc1[nH]n(-c2ccc(Cl)cc2)c(=O)c1C=Nc1ccc(Cl)cn1. The Hall–Kier alpha value is -2.37. The highest BCUT2D eigenvalue weighted by atomic mass is 35.5. The Morgan fingerprint density at radius 1 is 1.13 bits per heavy atom. The van der Waals surface area contributed by atoms with Crippen LogP contribution in [0.2, 0.25) is 10.0 Å². The predicted octanol–water partition coefficient (Wildman–Crippen LogP) is 3.93. The highest BCUT2D eigenvalue weighted by Gasteiger charge is 2.10. The fourth-order valence-corrected chi connectivity index (χ4v) is 2.30. The van der Waals surface area contributed by atoms with E-state index >= 15 is 0 Å². The molecule has 5 nitrogen and oxygen atoms in total. The smallest absolute Gasteiger partial charge is 0.280 e. The van der Waals surface area contributed by atoms with Gasteiger partial charge in [0.1, 0.15) is 0 Å². The molecule has 0 spiro atoms. The zero-order valence-corrected chi connectivity index (χ0v) is 13.6. The molecule has 0 fully saturated rings. The number of hydrogen-bond acceptors (Lipinski definition) is 3. The maximum atomic E-state index is 12.5. The van der Waals surface area contributed by atoms with Gasteiger partial charge >= 0.3 is 0 Å². The second kappa shape index (κ2) is 6.40. The molecule has 0 radical (unpaired) electrons. The molecule has 2 heterocycles. The summed E-state index contributed by atoms with van der Waals surface area (Å²) in [5, 5.41) is 4.17. The number of aliphatic imine (C=N–C) groups is 1. The second-order valence-electron chi connectivity index (χ2n) is 4.86. The first-order valence-electron chi connectivity index (χ1n) is 6.78. The van der Waals surface area contributed by atoms with E-state index < -0.39 is 0 Å². The van der Waals surface area contributed by atoms with Crippen molar-refractivity contribution in [3.63, 3.8) is 0 Å². The summed E-state index contributed by atoms with van der Waals surface area (Å²) in [4.78, 5) is 20.8. The molecule has 0 saturated carbocycles. The van der Waals surface area contributed by atoms with Gasteiger partial charge in [0.25, 0.3) is 5.56 Å². The second-order valence-corrected chi connectivity index (χ2v) is 5.73. The quantitative estimate of drug-likeness (QED) is 0.730. The number of nitrogens with one attached hydrogen (secondary N) is 1. The lowest BCUT2D eigenvalue weighted by atomic mass is 10.3. The zero-order chi connectivity index (χ0) is 16.4. The molecular weight excluding hydrogens is 335 g/mol. The van der Waals surface area contributed by atoms with E-state index in [1.807, 2.05) is 6.92 Å². The van der Waals surface area contributed by atoms with Gasteiger partial charge in [0, 0.05) is 23.1 Å². The highest BCUT2D eigenvalue weighted by molar-refractivity contribution is 6.30. The predicted molar refractivity (Wildman–Crippen MR) is 92.6 cm³/mol. The molecular formula is C16H12Cl2N4O. The lowest BCUT2D eigenvalue weighted by Gasteiger charge is -2.00. The zero-order valence-electron chi connectivity index (χ0n) is 12.1. The normalized spacial score (nSPS) is 11.3. The van der Waals surface area contributed by atoms with Crippen molar-refractivity contribution in [2.45, 2.75) is 6.92 Å². The molecule has 23 heavy (non-hydrogen) atoms. The minimum atomic E-state index is -0.192. The van der Waals surface area contributed by atoms with Gasteiger partial charge in [-0.1, -0.05) is 23.2 Å². The number of aromatic amines is 1. The molecule has 0 saturated heterocycles. The third-order valence-corrected chi connectivity index (χ3v) is 3.72. The number of nitrogens with zero attached hydrogens (tertiary/aromatic N) is 3. The first-order chi connectivity index (χ1) is 11.0. The number of halogens is 2. The largest absolute Gasteiger partial charge is 0.295 e. The molecule has 0 atom stereocenters. The van der Waals surface area contributed by atoms with Gasteiger partial charge in [0.2, 0.25) is 0 Å². The molecule has 0 aliphatic rings. The number of hydrogen-bond donors (Lipinski definition) is 1. The van der Waals surface area contributed by atoms with Crippen LogP contribution in [0.25, 0.3) is 5.69 Å². The van der Waals surface area contributed by atoms with Crippen molar-refractivity contribution in [2.24, 2.45) is 4.99 Å². The number of aromatic nitrogens is 3. The van der Waals surface area contributed by atoms with Crippen LogP contribution in [0.1, 0.15) is 11.3 Å². The summed E-state index contributed by atoms with van der Waals surface area (Å²) in [6.45, 7) is 1.81. The van der Waals surface area contributed by atoms with E-state index in [9.17, 15) is 4.79 Å². The van der Waals surface area contributed by atoms with Crippen molar-refractivity contribution < 1.29 is 0 Å². The fourth-order valence-electron chi connectivity index (χ4n) is 2.06. The van der Waals surface area contributed by atoms with Crippen LogP contribution in [-0.2, 0) is 0 Å². The summed E-state index contributed by atoms with van der Waals surface area (Å²) in [5.41, 5.74) is 1.69. The number of benzene rings is 1. The van der Waals surface area contributed by atoms with Crippen LogP contribution in [0.15, 0.2) is 52.4 Å². The third kappa shape index (κ3) is 3.36. The Morgan fingerprint density at radius 3 is 2.48 bits per heavy atom. The standard InChI is InChI=1S/C16H12Cl2N4O/c1-10-14(9-20-15-7-4-12(18)8-19-15)16(23)22(21-10)13-5-2-11(17)3-6-13/h2-9,21H,1H3. The maximum Gasteiger partial charge on any atom is 0.280 e. The Morgan fingerprint density at radius 2 is 1.83 bits per heavy atom. The molecule has 1 aromatic carbocycles. The van der Waals surface area contributed by atoms with Gasteiger partial charge in [-0.3, -0.25) is 9.89 Å². The van der Waals surface area contributed by atoms with E-state index in [4.69, 9.17) is 23.2 Å². The number of pyridine rings is 1. The van der Waals surface area contributed by atoms with Crippen molar-refractivity contribution in [1.29, 1.82) is 0 Å². The minimum Gasteiger partial charge on any atom is -0.295 e. The molecule has 7 heteroatoms. The van der Waals surface area contributed by atoms with Crippen molar-refractivity contribution >= 4 is 35.2 Å². The Labute approximate surface area is 142 Å². The molecule has 0 bridgehead atoms. The van der Waals surface area contributed by atoms with E-state index in [0.29, 0.717) is 32.8 Å². The van der Waals surface area contributed by atoms with Crippen LogP contribution in [0, 0.1) is 6.92 Å². The molecule has 0 amide bonds. The summed E-state index contributed by atoms with van der Waals surface area (Å²) in [6.07, 6.45) is 3.00. The van der Waals surface area contributed by atoms with E-state index in [0.717, 1.165) is 0 Å². The topological polar surface area (TPSA) is 63.0 Å². The summed E-state index contributed by atoms with van der Waals surface area (Å²) in [7, 11) is 0. The number of aryl methyl sites for hydroxylation is 1. The van der Waals surface area contributed by atoms with Gasteiger partial charge in [0.15, 0.2) is 5.82 Å². The first-order valence-corrected chi connectivity index (χ1v) is 7.53. The Bertz CT molecular complexity index is 909. The number of H-pyrrole nitrogens is 1. The average Bonchev–Trinajstić information content (AvgIpc) is 2.82. The monoisotopic (exact) mass is 346 g/mol. The van der Waals surface area contributed by atoms with E-state index in [1.54, 1.807) is 36.4 Å². The molecule has 116 valence electrons. The molecule has 0 unspecified atom stereocenters. The van der Waals surface area contributed by atoms with Gasteiger partial charge in [0.05, 0.1) is 16.3 Å². The first kappa shape index (κ1) is 15.5. The molecule has 3 aromatic rings. The van der Waals surface area contributed by atoms with Crippen molar-refractivity contribution in [2.75, 3.05) is 0 Å². The fraction of sp³-hybridized carbons (Fsp3) is 0.0625. The van der Waals surface area contributed by atoms with E-state index in [2.05, 4.69) is 15.1 Å². The maximum absolute atomic E-state index is 12.5. The molecule has 2 aromatic heterocycles. The van der Waals surface area contributed by atoms with Crippen LogP contribution in [0.3, 0.4) is 0 Å². The summed E-state index contributed by atoms with van der Waals surface area (Å²) in [5.74, 6) is 0.479. The van der Waals surface area contributed by atoms with Crippen LogP contribution in [-0.4, -0.2) is 21.0 Å². The molecule has 0 aliphatic carbocycles. The van der Waals surface area contributed by atoms with E-state index in [-0.39, 0.29) is 5.56 Å². The summed E-state index contributed by atoms with van der Waals surface area (Å²) in [6, 6.07) is 10.4. The molecule has 0 aliphatic heterocycles. The van der Waals surface area contributed by atoms with Gasteiger partial charge in [-0.15, -0.1) is 0 Å². The summed E-state index contributed by atoms with van der Waals surface area (Å²) >= 11 is 11.6. The lowest BCUT2D eigenvalue weighted by Crippen LogP contribution is -2.17. The van der Waals surface area contributed by atoms with Gasteiger partial charge in [-0.2, -0.15) is 0 Å².